The summed E-state index contributed by atoms with van der Waals surface area (Å²) >= 11 is 0. The predicted molar refractivity (Wildman–Crippen MR) is 98.3 cm³/mol. The van der Waals surface area contributed by atoms with Gasteiger partial charge in [0, 0.05) is 23.7 Å². The van der Waals surface area contributed by atoms with Crippen LogP contribution in [0, 0.1) is 12.8 Å². The first kappa shape index (κ1) is 17.7. The monoisotopic (exact) mass is 352 g/mol. The van der Waals surface area contributed by atoms with Crippen LogP contribution in [0.25, 0.3) is 0 Å². The summed E-state index contributed by atoms with van der Waals surface area (Å²) in [6, 6.07) is 12.2. The number of carbonyl (C=O) groups excluding carboxylic acids is 2. The fraction of sp³-hybridized carbons (Fsp3) is 0.250. The quantitative estimate of drug-likeness (QED) is 0.770. The first-order chi connectivity index (χ1) is 12.4. The van der Waals surface area contributed by atoms with Crippen molar-refractivity contribution in [1.82, 2.24) is 0 Å². The third kappa shape index (κ3) is 3.91. The van der Waals surface area contributed by atoms with Crippen LogP contribution < -0.4 is 10.6 Å². The number of carboxylic acids is 1. The first-order valence-electron chi connectivity index (χ1n) is 8.46. The lowest BCUT2D eigenvalue weighted by Gasteiger charge is -2.24. The van der Waals surface area contributed by atoms with Gasteiger partial charge < -0.3 is 15.7 Å². The van der Waals surface area contributed by atoms with Crippen LogP contribution in [0.4, 0.5) is 11.4 Å². The highest BCUT2D eigenvalue weighted by molar-refractivity contribution is 5.97. The molecule has 0 bridgehead atoms. The van der Waals surface area contributed by atoms with Crippen LogP contribution in [0.2, 0.25) is 0 Å². The largest absolute Gasteiger partial charge is 0.478 e. The van der Waals surface area contributed by atoms with E-state index in [0.717, 1.165) is 16.8 Å². The normalized spacial score (nSPS) is 15.7. The zero-order valence-electron chi connectivity index (χ0n) is 14.4. The summed E-state index contributed by atoms with van der Waals surface area (Å²) in [6.45, 7) is 1.80. The van der Waals surface area contributed by atoms with Crippen molar-refractivity contribution in [2.75, 3.05) is 10.6 Å². The van der Waals surface area contributed by atoms with Crippen molar-refractivity contribution in [2.24, 2.45) is 5.92 Å². The number of amides is 2. The molecule has 26 heavy (non-hydrogen) atoms. The van der Waals surface area contributed by atoms with Gasteiger partial charge in [-0.2, -0.15) is 0 Å². The molecule has 6 heteroatoms. The highest BCUT2D eigenvalue weighted by Crippen LogP contribution is 2.27. The van der Waals surface area contributed by atoms with E-state index >= 15 is 0 Å². The molecule has 1 heterocycles. The lowest BCUT2D eigenvalue weighted by molar-refractivity contribution is -0.121. The fourth-order valence-electron chi connectivity index (χ4n) is 3.05. The molecule has 0 spiro atoms. The SMILES string of the molecule is Cc1ccc(C(=O)O)cc1NC(=O)CCC1Cc2ccccc2NC1=O. The zero-order chi connectivity index (χ0) is 18.7. The molecule has 1 atom stereocenters. The molecule has 2 aromatic rings. The molecule has 0 radical (unpaired) electrons. The van der Waals surface area contributed by atoms with Crippen LogP contribution in [0.5, 0.6) is 0 Å². The van der Waals surface area contributed by atoms with Crippen molar-refractivity contribution >= 4 is 29.2 Å². The number of anilines is 2. The van der Waals surface area contributed by atoms with Gasteiger partial charge in [0.05, 0.1) is 5.56 Å². The van der Waals surface area contributed by atoms with Gasteiger partial charge in [-0.1, -0.05) is 24.3 Å². The molecule has 3 N–H and O–H groups in total. The number of para-hydroxylation sites is 1. The molecular weight excluding hydrogens is 332 g/mol. The predicted octanol–water partition coefficient (Wildman–Crippen LogP) is 3.22. The molecule has 1 aliphatic rings. The Morgan fingerprint density at radius 1 is 1.23 bits per heavy atom. The lowest BCUT2D eigenvalue weighted by Crippen LogP contribution is -2.30. The van der Waals surface area contributed by atoms with E-state index in [-0.39, 0.29) is 29.7 Å². The van der Waals surface area contributed by atoms with Gasteiger partial charge >= 0.3 is 5.97 Å². The second-order valence-corrected chi connectivity index (χ2v) is 6.47. The minimum absolute atomic E-state index is 0.0689. The van der Waals surface area contributed by atoms with Crippen molar-refractivity contribution in [3.63, 3.8) is 0 Å². The smallest absolute Gasteiger partial charge is 0.335 e. The molecule has 1 unspecified atom stereocenters. The number of rotatable bonds is 5. The van der Waals surface area contributed by atoms with Crippen molar-refractivity contribution in [3.05, 3.63) is 59.2 Å². The number of carbonyl (C=O) groups is 3. The standard InChI is InChI=1S/C20H20N2O4/c1-12-6-7-15(20(25)26)11-17(12)21-18(23)9-8-14-10-13-4-2-3-5-16(13)22-19(14)24/h2-7,11,14H,8-10H2,1H3,(H,21,23)(H,22,24)(H,25,26). The maximum Gasteiger partial charge on any atom is 0.335 e. The topological polar surface area (TPSA) is 95.5 Å². The third-order valence-electron chi connectivity index (χ3n) is 4.59. The van der Waals surface area contributed by atoms with E-state index in [0.29, 0.717) is 18.5 Å². The van der Waals surface area contributed by atoms with Crippen molar-refractivity contribution in [2.45, 2.75) is 26.2 Å². The maximum atomic E-state index is 12.3. The second kappa shape index (κ2) is 7.39. The Bertz CT molecular complexity index is 876. The number of hydrogen-bond donors (Lipinski definition) is 3. The van der Waals surface area contributed by atoms with Crippen LogP contribution in [0.15, 0.2) is 42.5 Å². The van der Waals surface area contributed by atoms with Gasteiger partial charge in [-0.25, -0.2) is 4.79 Å². The van der Waals surface area contributed by atoms with E-state index in [1.807, 2.05) is 24.3 Å². The molecule has 6 nitrogen and oxygen atoms in total. The molecule has 2 aromatic carbocycles. The zero-order valence-corrected chi connectivity index (χ0v) is 14.4. The average molecular weight is 352 g/mol. The first-order valence-corrected chi connectivity index (χ1v) is 8.46. The Balaban J connectivity index is 1.61. The van der Waals surface area contributed by atoms with E-state index in [4.69, 9.17) is 5.11 Å². The Kier molecular flexibility index (Phi) is 5.02. The number of fused-ring (bicyclic) bond motifs is 1. The number of hydrogen-bond acceptors (Lipinski definition) is 3. The Morgan fingerprint density at radius 3 is 2.77 bits per heavy atom. The fourth-order valence-corrected chi connectivity index (χ4v) is 3.05. The van der Waals surface area contributed by atoms with Gasteiger partial charge in [0.25, 0.3) is 0 Å². The van der Waals surface area contributed by atoms with Gasteiger partial charge in [0.2, 0.25) is 11.8 Å². The summed E-state index contributed by atoms with van der Waals surface area (Å²) in [5, 5.41) is 14.7. The summed E-state index contributed by atoms with van der Waals surface area (Å²) in [6.07, 6.45) is 1.24. The molecule has 0 saturated heterocycles. The Hall–Kier alpha value is -3.15. The van der Waals surface area contributed by atoms with Crippen LogP contribution >= 0.6 is 0 Å². The van der Waals surface area contributed by atoms with E-state index in [2.05, 4.69) is 10.6 Å². The van der Waals surface area contributed by atoms with Gasteiger partial charge in [-0.3, -0.25) is 9.59 Å². The van der Waals surface area contributed by atoms with Crippen LogP contribution in [-0.2, 0) is 16.0 Å². The van der Waals surface area contributed by atoms with Gasteiger partial charge in [-0.15, -0.1) is 0 Å². The third-order valence-corrected chi connectivity index (χ3v) is 4.59. The number of nitrogens with one attached hydrogen (secondary N) is 2. The average Bonchev–Trinajstić information content (AvgIpc) is 2.61. The summed E-state index contributed by atoms with van der Waals surface area (Å²) in [7, 11) is 0. The van der Waals surface area contributed by atoms with Gasteiger partial charge in [-0.05, 0) is 49.1 Å². The molecule has 2 amide bonds. The Labute approximate surface area is 151 Å². The molecule has 0 aromatic heterocycles. The number of benzene rings is 2. The number of carboxylic acid groups (broad SMARTS) is 1. The van der Waals surface area contributed by atoms with E-state index < -0.39 is 5.97 Å². The molecule has 0 aliphatic carbocycles. The second-order valence-electron chi connectivity index (χ2n) is 6.47. The highest BCUT2D eigenvalue weighted by Gasteiger charge is 2.26. The Morgan fingerprint density at radius 2 is 2.00 bits per heavy atom. The highest BCUT2D eigenvalue weighted by atomic mass is 16.4. The van der Waals surface area contributed by atoms with Crippen LogP contribution in [-0.4, -0.2) is 22.9 Å². The molecule has 0 fully saturated rings. The molecule has 3 rings (SSSR count). The summed E-state index contributed by atoms with van der Waals surface area (Å²) in [4.78, 5) is 35.5. The minimum Gasteiger partial charge on any atom is -0.478 e. The van der Waals surface area contributed by atoms with Crippen molar-refractivity contribution in [3.8, 4) is 0 Å². The molecular formula is C20H20N2O4. The van der Waals surface area contributed by atoms with Crippen LogP contribution in [0.3, 0.4) is 0 Å². The van der Waals surface area contributed by atoms with E-state index in [9.17, 15) is 14.4 Å². The van der Waals surface area contributed by atoms with Crippen LogP contribution in [0.1, 0.15) is 34.3 Å². The number of aryl methyl sites for hydroxylation is 1. The number of aromatic carboxylic acids is 1. The lowest BCUT2D eigenvalue weighted by atomic mass is 9.89. The van der Waals surface area contributed by atoms with Gasteiger partial charge in [0.1, 0.15) is 0 Å². The van der Waals surface area contributed by atoms with Gasteiger partial charge in [0.15, 0.2) is 0 Å². The molecule has 0 saturated carbocycles. The van der Waals surface area contributed by atoms with E-state index in [1.165, 1.54) is 12.1 Å². The minimum atomic E-state index is -1.04. The summed E-state index contributed by atoms with van der Waals surface area (Å²) < 4.78 is 0. The van der Waals surface area contributed by atoms with Crippen molar-refractivity contribution < 1.29 is 19.5 Å². The maximum absolute atomic E-state index is 12.3. The summed E-state index contributed by atoms with van der Waals surface area (Å²) in [5.74, 6) is -1.59. The van der Waals surface area contributed by atoms with E-state index in [1.54, 1.807) is 13.0 Å². The molecule has 1 aliphatic heterocycles. The van der Waals surface area contributed by atoms with Crippen molar-refractivity contribution in [1.29, 1.82) is 0 Å². The summed E-state index contributed by atoms with van der Waals surface area (Å²) in [5.41, 5.74) is 3.29. The molecule has 134 valence electrons.